The van der Waals surface area contributed by atoms with Crippen molar-refractivity contribution in [3.8, 4) is 0 Å². The van der Waals surface area contributed by atoms with Crippen LogP contribution < -0.4 is 5.32 Å². The molecule has 0 saturated heterocycles. The van der Waals surface area contributed by atoms with Crippen molar-refractivity contribution in [2.75, 3.05) is 0 Å². The van der Waals surface area contributed by atoms with Gasteiger partial charge in [-0.25, -0.2) is 0 Å². The van der Waals surface area contributed by atoms with Crippen molar-refractivity contribution in [3.63, 3.8) is 0 Å². The normalized spacial score (nSPS) is 11.9. The van der Waals surface area contributed by atoms with E-state index in [1.165, 1.54) is 0 Å². The highest BCUT2D eigenvalue weighted by molar-refractivity contribution is 9.10. The number of aryl methyl sites for hydroxylation is 1. The topological polar surface area (TPSA) is 59.3 Å². The van der Waals surface area contributed by atoms with E-state index in [2.05, 4.69) is 21.2 Å². The minimum Gasteiger partial charge on any atom is -0.455 e. The number of carbonyl (C=O) groups is 1. The number of benzene rings is 2. The molecule has 0 bridgehead atoms. The molecule has 3 rings (SSSR count). The molecule has 26 heavy (non-hydrogen) atoms. The van der Waals surface area contributed by atoms with E-state index >= 15 is 0 Å². The van der Waals surface area contributed by atoms with E-state index in [4.69, 9.17) is 4.42 Å². The number of hydrogen-bond donors (Lipinski definition) is 1. The van der Waals surface area contributed by atoms with E-state index in [-0.39, 0.29) is 17.4 Å². The molecule has 0 radical (unpaired) electrons. The lowest BCUT2D eigenvalue weighted by molar-refractivity contribution is 0.0921. The van der Waals surface area contributed by atoms with Gasteiger partial charge >= 0.3 is 0 Å². The van der Waals surface area contributed by atoms with Gasteiger partial charge in [0.15, 0.2) is 5.76 Å². The second-order valence-corrected chi connectivity index (χ2v) is 8.15. The monoisotopic (exact) mass is 431 g/mol. The van der Waals surface area contributed by atoms with E-state index in [1.54, 1.807) is 12.1 Å². The Kier molecular flexibility index (Phi) is 6.06. The molecule has 134 valence electrons. The highest BCUT2D eigenvalue weighted by Gasteiger charge is 2.14. The fourth-order valence-corrected chi connectivity index (χ4v) is 4.00. The first-order valence-electron chi connectivity index (χ1n) is 8.08. The summed E-state index contributed by atoms with van der Waals surface area (Å²) in [5.74, 6) is 0.679. The maximum atomic E-state index is 12.4. The minimum absolute atomic E-state index is 0.216. The molecule has 1 atom stereocenters. The van der Waals surface area contributed by atoms with Crippen LogP contribution in [0.1, 0.15) is 27.4 Å². The molecule has 3 aromatic rings. The van der Waals surface area contributed by atoms with Crippen LogP contribution in [0.5, 0.6) is 0 Å². The van der Waals surface area contributed by atoms with Crippen molar-refractivity contribution >= 4 is 32.6 Å². The highest BCUT2D eigenvalue weighted by atomic mass is 79.9. The van der Waals surface area contributed by atoms with Gasteiger partial charge in [-0.05, 0) is 48.4 Å². The molecule has 0 aliphatic rings. The summed E-state index contributed by atoms with van der Waals surface area (Å²) in [5, 5.41) is 2.82. The van der Waals surface area contributed by atoms with E-state index in [9.17, 15) is 9.00 Å². The summed E-state index contributed by atoms with van der Waals surface area (Å²) in [5.41, 5.74) is 2.04. The van der Waals surface area contributed by atoms with Crippen molar-refractivity contribution in [1.29, 1.82) is 0 Å². The standard InChI is InChI=1S/C20H18BrNO3S/c1-14-5-4-7-17(11-14)26(24)13-16-9-10-19(25-16)20(23)22-12-15-6-2-3-8-18(15)21/h2-11H,12-13H2,1H3,(H,22,23)/t26-/m0/s1. The quantitative estimate of drug-likeness (QED) is 0.620. The van der Waals surface area contributed by atoms with Crippen LogP contribution >= 0.6 is 15.9 Å². The number of hydrogen-bond acceptors (Lipinski definition) is 3. The molecule has 1 aromatic heterocycles. The number of furan rings is 1. The van der Waals surface area contributed by atoms with Gasteiger partial charge in [-0.1, -0.05) is 46.3 Å². The fourth-order valence-electron chi connectivity index (χ4n) is 2.45. The molecule has 6 heteroatoms. The molecule has 0 aliphatic heterocycles. The third-order valence-electron chi connectivity index (χ3n) is 3.81. The van der Waals surface area contributed by atoms with Crippen LogP contribution in [0.2, 0.25) is 0 Å². The molecule has 1 N–H and O–H groups in total. The van der Waals surface area contributed by atoms with Crippen LogP contribution in [0.3, 0.4) is 0 Å². The predicted octanol–water partition coefficient (Wildman–Crippen LogP) is 4.59. The Bertz CT molecular complexity index is 951. The van der Waals surface area contributed by atoms with Gasteiger partial charge in [0.1, 0.15) is 5.76 Å². The number of rotatable bonds is 6. The summed E-state index contributed by atoms with van der Waals surface area (Å²) in [7, 11) is -1.21. The van der Waals surface area contributed by atoms with Crippen molar-refractivity contribution in [2.24, 2.45) is 0 Å². The van der Waals surface area contributed by atoms with Crippen molar-refractivity contribution in [1.82, 2.24) is 5.32 Å². The van der Waals surface area contributed by atoms with E-state index in [0.29, 0.717) is 12.3 Å². The average Bonchev–Trinajstić information content (AvgIpc) is 3.09. The number of carbonyl (C=O) groups excluding carboxylic acids is 1. The molecule has 1 amide bonds. The van der Waals surface area contributed by atoms with Crippen LogP contribution in [0.15, 0.2) is 74.4 Å². The summed E-state index contributed by atoms with van der Waals surface area (Å²) in [6.07, 6.45) is 0. The first kappa shape index (κ1) is 18.6. The lowest BCUT2D eigenvalue weighted by Gasteiger charge is -2.05. The fraction of sp³-hybridized carbons (Fsp3) is 0.150. The Hall–Kier alpha value is -2.18. The van der Waals surface area contributed by atoms with Crippen molar-refractivity contribution in [3.05, 3.63) is 87.8 Å². The summed E-state index contributed by atoms with van der Waals surface area (Å²) in [6.45, 7) is 2.35. The van der Waals surface area contributed by atoms with E-state index in [0.717, 1.165) is 20.5 Å². The van der Waals surface area contributed by atoms with Gasteiger partial charge < -0.3 is 9.73 Å². The molecule has 2 aromatic carbocycles. The Morgan fingerprint density at radius 1 is 1.12 bits per heavy atom. The Morgan fingerprint density at radius 3 is 2.69 bits per heavy atom. The number of amides is 1. The van der Waals surface area contributed by atoms with Gasteiger partial charge in [0.2, 0.25) is 0 Å². The van der Waals surface area contributed by atoms with Gasteiger partial charge in [0.25, 0.3) is 5.91 Å². The van der Waals surface area contributed by atoms with Crippen molar-refractivity contribution < 1.29 is 13.4 Å². The lowest BCUT2D eigenvalue weighted by atomic mass is 10.2. The molecule has 0 fully saturated rings. The first-order chi connectivity index (χ1) is 12.5. The molecular formula is C20H18BrNO3S. The Morgan fingerprint density at radius 2 is 1.92 bits per heavy atom. The lowest BCUT2D eigenvalue weighted by Crippen LogP contribution is -2.22. The van der Waals surface area contributed by atoms with E-state index < -0.39 is 10.8 Å². The molecule has 1 heterocycles. The molecule has 0 saturated carbocycles. The first-order valence-corrected chi connectivity index (χ1v) is 10.2. The molecule has 4 nitrogen and oxygen atoms in total. The third kappa shape index (κ3) is 4.71. The average molecular weight is 432 g/mol. The second kappa shape index (κ2) is 8.47. The highest BCUT2D eigenvalue weighted by Crippen LogP contribution is 2.17. The van der Waals surface area contributed by atoms with Gasteiger partial charge in [-0.3, -0.25) is 9.00 Å². The summed E-state index contributed by atoms with van der Waals surface area (Å²) < 4.78 is 18.9. The smallest absolute Gasteiger partial charge is 0.287 e. The summed E-state index contributed by atoms with van der Waals surface area (Å²) in [6, 6.07) is 18.6. The zero-order valence-electron chi connectivity index (χ0n) is 14.2. The van der Waals surface area contributed by atoms with Gasteiger partial charge in [-0.15, -0.1) is 0 Å². The van der Waals surface area contributed by atoms with Crippen LogP contribution in [0.25, 0.3) is 0 Å². The van der Waals surface area contributed by atoms with Gasteiger partial charge in [-0.2, -0.15) is 0 Å². The largest absolute Gasteiger partial charge is 0.455 e. The van der Waals surface area contributed by atoms with Crippen LogP contribution in [0.4, 0.5) is 0 Å². The zero-order chi connectivity index (χ0) is 18.5. The van der Waals surface area contributed by atoms with E-state index in [1.807, 2.05) is 55.5 Å². The maximum absolute atomic E-state index is 12.4. The van der Waals surface area contributed by atoms with Gasteiger partial charge in [0.05, 0.1) is 16.6 Å². The predicted molar refractivity (Wildman–Crippen MR) is 105 cm³/mol. The molecule has 0 spiro atoms. The van der Waals surface area contributed by atoms with Crippen LogP contribution in [-0.2, 0) is 23.1 Å². The number of halogens is 1. The molecular weight excluding hydrogens is 414 g/mol. The Labute approximate surface area is 163 Å². The summed E-state index contributed by atoms with van der Waals surface area (Å²) >= 11 is 3.45. The zero-order valence-corrected chi connectivity index (χ0v) is 16.6. The van der Waals surface area contributed by atoms with Crippen LogP contribution in [0, 0.1) is 6.92 Å². The third-order valence-corrected chi connectivity index (χ3v) is 5.91. The van der Waals surface area contributed by atoms with Gasteiger partial charge in [0, 0.05) is 15.9 Å². The number of nitrogens with one attached hydrogen (secondary N) is 1. The SMILES string of the molecule is Cc1cccc([S@@](=O)Cc2ccc(C(=O)NCc3ccccc3Br)o2)c1. The molecule has 0 aliphatic carbocycles. The van der Waals surface area contributed by atoms with Crippen molar-refractivity contribution in [2.45, 2.75) is 24.1 Å². The maximum Gasteiger partial charge on any atom is 0.287 e. The second-order valence-electron chi connectivity index (χ2n) is 5.85. The van der Waals surface area contributed by atoms with Crippen LogP contribution in [-0.4, -0.2) is 10.1 Å². The minimum atomic E-state index is -1.21. The Balaban J connectivity index is 1.61. The molecule has 0 unspecified atom stereocenters. The summed E-state index contributed by atoms with van der Waals surface area (Å²) in [4.78, 5) is 13.0.